The van der Waals surface area contributed by atoms with Crippen LogP contribution in [0.2, 0.25) is 0 Å². The maximum Gasteiger partial charge on any atom is 0.135 e. The highest BCUT2D eigenvalue weighted by Crippen LogP contribution is 2.54. The van der Waals surface area contributed by atoms with Crippen molar-refractivity contribution < 1.29 is 4.74 Å². The topological polar surface area (TPSA) is 9.23 Å². The summed E-state index contributed by atoms with van der Waals surface area (Å²) in [5.74, 6) is 1.85. The van der Waals surface area contributed by atoms with Crippen molar-refractivity contribution in [3.8, 4) is 56.0 Å². The predicted octanol–water partition coefficient (Wildman–Crippen LogP) is 12.6. The molecule has 0 unspecified atom stereocenters. The van der Waals surface area contributed by atoms with Gasteiger partial charge in [0.05, 0.1) is 0 Å². The summed E-state index contributed by atoms with van der Waals surface area (Å²) in [6.07, 6.45) is 0. The number of benzene rings is 8. The quantitative estimate of drug-likeness (QED) is 0.196. The first-order valence-corrected chi connectivity index (χ1v) is 16.1. The van der Waals surface area contributed by atoms with E-state index in [1.54, 1.807) is 0 Å². The zero-order valence-electron chi connectivity index (χ0n) is 25.8. The van der Waals surface area contributed by atoms with Gasteiger partial charge in [0.15, 0.2) is 0 Å². The highest BCUT2D eigenvalue weighted by atomic mass is 16.5. The summed E-state index contributed by atoms with van der Waals surface area (Å²) < 4.78 is 6.39. The Morgan fingerprint density at radius 3 is 2.00 bits per heavy atom. The van der Waals surface area contributed by atoms with Gasteiger partial charge in [-0.1, -0.05) is 135 Å². The zero-order chi connectivity index (χ0) is 30.6. The van der Waals surface area contributed by atoms with E-state index in [-0.39, 0.29) is 5.41 Å². The van der Waals surface area contributed by atoms with E-state index >= 15 is 0 Å². The molecule has 8 aromatic rings. The third kappa shape index (κ3) is 3.46. The van der Waals surface area contributed by atoms with E-state index in [1.165, 1.54) is 82.4 Å². The van der Waals surface area contributed by atoms with Crippen LogP contribution in [0.5, 0.6) is 11.5 Å². The third-order valence-corrected chi connectivity index (χ3v) is 10.4. The van der Waals surface area contributed by atoms with Gasteiger partial charge in [0.1, 0.15) is 11.5 Å². The maximum absolute atomic E-state index is 6.39. The third-order valence-electron chi connectivity index (χ3n) is 10.4. The standard InChI is InChI=1S/C45H30O/c1-45(2)40-26-30(32-23-24-42-43-36(32)13-8-14-37(43)35-11-5-6-16-41(35)46-42)19-20-34(40)39-22-21-33-31(12-7-15-38(33)44(39)45)29-18-17-27-9-3-4-10-28(27)25-29/h3-26H,1-2H3. The smallest absolute Gasteiger partial charge is 0.135 e. The number of hydrogen-bond acceptors (Lipinski definition) is 1. The summed E-state index contributed by atoms with van der Waals surface area (Å²) in [5, 5.41) is 7.60. The number of ether oxygens (including phenoxy) is 1. The molecule has 1 aliphatic carbocycles. The molecule has 0 saturated heterocycles. The molecule has 0 spiro atoms. The summed E-state index contributed by atoms with van der Waals surface area (Å²) in [6.45, 7) is 4.79. The van der Waals surface area contributed by atoms with E-state index in [2.05, 4.69) is 153 Å². The van der Waals surface area contributed by atoms with E-state index in [1.807, 2.05) is 6.07 Å². The molecule has 0 amide bonds. The number of hydrogen-bond donors (Lipinski definition) is 0. The van der Waals surface area contributed by atoms with Crippen LogP contribution in [0.4, 0.5) is 0 Å². The summed E-state index contributed by atoms with van der Waals surface area (Å²) in [4.78, 5) is 0. The lowest BCUT2D eigenvalue weighted by Crippen LogP contribution is -2.15. The average Bonchev–Trinajstić information content (AvgIpc) is 3.34. The Labute approximate surface area is 268 Å². The van der Waals surface area contributed by atoms with E-state index < -0.39 is 0 Å². The lowest BCUT2D eigenvalue weighted by atomic mass is 9.79. The van der Waals surface area contributed by atoms with Crippen LogP contribution in [0, 0.1) is 0 Å². The van der Waals surface area contributed by atoms with Gasteiger partial charge in [-0.25, -0.2) is 0 Å². The van der Waals surface area contributed by atoms with Crippen LogP contribution in [-0.2, 0) is 5.41 Å². The fourth-order valence-corrected chi connectivity index (χ4v) is 8.29. The van der Waals surface area contributed by atoms with Gasteiger partial charge in [-0.15, -0.1) is 0 Å². The van der Waals surface area contributed by atoms with Crippen LogP contribution in [0.15, 0.2) is 146 Å². The summed E-state index contributed by atoms with van der Waals surface area (Å²) in [7, 11) is 0. The lowest BCUT2D eigenvalue weighted by molar-refractivity contribution is 0.487. The van der Waals surface area contributed by atoms with Crippen molar-refractivity contribution >= 4 is 32.3 Å². The molecule has 2 aliphatic rings. The van der Waals surface area contributed by atoms with Crippen molar-refractivity contribution in [1.82, 2.24) is 0 Å². The lowest BCUT2D eigenvalue weighted by Gasteiger charge is -2.25. The molecule has 10 rings (SSSR count). The molecule has 1 heterocycles. The van der Waals surface area contributed by atoms with Crippen molar-refractivity contribution in [2.75, 3.05) is 0 Å². The van der Waals surface area contributed by atoms with Gasteiger partial charge in [0, 0.05) is 16.4 Å². The first-order chi connectivity index (χ1) is 22.6. The van der Waals surface area contributed by atoms with Crippen molar-refractivity contribution in [2.24, 2.45) is 0 Å². The van der Waals surface area contributed by atoms with Crippen LogP contribution in [0.1, 0.15) is 25.0 Å². The van der Waals surface area contributed by atoms with Crippen molar-refractivity contribution in [3.63, 3.8) is 0 Å². The normalized spacial score (nSPS) is 13.8. The maximum atomic E-state index is 6.39. The summed E-state index contributed by atoms with van der Waals surface area (Å²) in [5.41, 5.74) is 12.7. The molecular weight excluding hydrogens is 556 g/mol. The molecule has 0 N–H and O–H groups in total. The number of fused-ring (bicyclic) bond motifs is 8. The minimum absolute atomic E-state index is 0.156. The molecule has 46 heavy (non-hydrogen) atoms. The molecule has 1 heteroatoms. The molecular formula is C45H30O. The minimum Gasteiger partial charge on any atom is -0.456 e. The van der Waals surface area contributed by atoms with Crippen LogP contribution in [0.25, 0.3) is 76.8 Å². The van der Waals surface area contributed by atoms with Gasteiger partial charge in [0.2, 0.25) is 0 Å². The molecule has 216 valence electrons. The molecule has 0 atom stereocenters. The largest absolute Gasteiger partial charge is 0.456 e. The van der Waals surface area contributed by atoms with Crippen molar-refractivity contribution in [2.45, 2.75) is 19.3 Å². The Hall–Kier alpha value is -5.66. The van der Waals surface area contributed by atoms with Crippen LogP contribution in [-0.4, -0.2) is 0 Å². The Kier molecular flexibility index (Phi) is 5.12. The van der Waals surface area contributed by atoms with Crippen molar-refractivity contribution in [1.29, 1.82) is 0 Å². The molecule has 0 aromatic heterocycles. The fraction of sp³-hybridized carbons (Fsp3) is 0.0667. The molecule has 1 nitrogen and oxygen atoms in total. The van der Waals surface area contributed by atoms with E-state index in [9.17, 15) is 0 Å². The van der Waals surface area contributed by atoms with Gasteiger partial charge >= 0.3 is 0 Å². The van der Waals surface area contributed by atoms with Crippen LogP contribution in [0.3, 0.4) is 0 Å². The Balaban J connectivity index is 1.13. The van der Waals surface area contributed by atoms with E-state index in [4.69, 9.17) is 4.74 Å². The second-order valence-electron chi connectivity index (χ2n) is 13.3. The first kappa shape index (κ1) is 25.6. The van der Waals surface area contributed by atoms with Gasteiger partial charge in [-0.2, -0.15) is 0 Å². The van der Waals surface area contributed by atoms with Crippen LogP contribution < -0.4 is 4.74 Å². The molecule has 0 fully saturated rings. The van der Waals surface area contributed by atoms with Crippen molar-refractivity contribution in [3.05, 3.63) is 157 Å². The van der Waals surface area contributed by atoms with Gasteiger partial charge < -0.3 is 4.74 Å². The molecule has 8 aromatic carbocycles. The second-order valence-corrected chi connectivity index (χ2v) is 13.3. The highest BCUT2D eigenvalue weighted by Gasteiger charge is 2.37. The summed E-state index contributed by atoms with van der Waals surface area (Å²) in [6, 6.07) is 53.4. The molecule has 0 radical (unpaired) electrons. The zero-order valence-corrected chi connectivity index (χ0v) is 25.8. The number of para-hydroxylation sites is 1. The van der Waals surface area contributed by atoms with E-state index in [0.717, 1.165) is 17.1 Å². The fourth-order valence-electron chi connectivity index (χ4n) is 8.29. The Morgan fingerprint density at radius 1 is 0.413 bits per heavy atom. The predicted molar refractivity (Wildman–Crippen MR) is 193 cm³/mol. The molecule has 0 saturated carbocycles. The Morgan fingerprint density at radius 2 is 1.09 bits per heavy atom. The van der Waals surface area contributed by atoms with Crippen LogP contribution >= 0.6 is 0 Å². The van der Waals surface area contributed by atoms with Gasteiger partial charge in [-0.3, -0.25) is 0 Å². The molecule has 0 bridgehead atoms. The SMILES string of the molecule is CC1(C)c2cc(-c3ccc4c5c(cccc35)-c3ccccc3O4)ccc2-c2ccc3c(-c4ccc5ccccc5c4)cccc3c21. The first-order valence-electron chi connectivity index (χ1n) is 16.1. The summed E-state index contributed by atoms with van der Waals surface area (Å²) >= 11 is 0. The van der Waals surface area contributed by atoms with Gasteiger partial charge in [-0.05, 0) is 101 Å². The molecule has 1 aliphatic heterocycles. The highest BCUT2D eigenvalue weighted by molar-refractivity contribution is 6.10. The number of rotatable bonds is 2. The van der Waals surface area contributed by atoms with Gasteiger partial charge in [0.25, 0.3) is 0 Å². The minimum atomic E-state index is -0.156. The second kappa shape index (κ2) is 9.19. The van der Waals surface area contributed by atoms with E-state index in [0.29, 0.717) is 0 Å². The Bertz CT molecular complexity index is 2590. The monoisotopic (exact) mass is 586 g/mol. The average molecular weight is 587 g/mol.